The van der Waals surface area contributed by atoms with Gasteiger partial charge in [0.05, 0.1) is 0 Å². The van der Waals surface area contributed by atoms with Crippen molar-refractivity contribution in [2.45, 2.75) is 11.2 Å². The van der Waals surface area contributed by atoms with Gasteiger partial charge in [-0.25, -0.2) is 0 Å². The predicted molar refractivity (Wildman–Crippen MR) is 47.6 cm³/mol. The first-order valence-electron chi connectivity index (χ1n) is 3.52. The molecule has 6 heteroatoms. The van der Waals surface area contributed by atoms with Crippen molar-refractivity contribution in [2.75, 3.05) is 0 Å². The summed E-state index contributed by atoms with van der Waals surface area (Å²) in [7, 11) is 0. The largest absolute Gasteiger partial charge is 0.573 e. The minimum atomic E-state index is -4.68. The average molecular weight is 245 g/mol. The summed E-state index contributed by atoms with van der Waals surface area (Å²) in [5.41, 5.74) is 0.517. The molecule has 78 valence electrons. The fourth-order valence-corrected chi connectivity index (χ4v) is 1.11. The Morgan fingerprint density at radius 2 is 1.57 bits per heavy atom. The maximum absolute atomic E-state index is 11.7. The quantitative estimate of drug-likeness (QED) is 0.714. The molecule has 1 aromatic rings. The Kier molecular flexibility index (Phi) is 3.50. The van der Waals surface area contributed by atoms with Crippen LogP contribution in [-0.2, 0) is 0 Å². The molecule has 0 aliphatic heterocycles. The third-order valence-electron chi connectivity index (χ3n) is 1.37. The lowest BCUT2D eigenvalue weighted by Crippen LogP contribution is -2.16. The first-order chi connectivity index (χ1) is 6.38. The highest BCUT2D eigenvalue weighted by atomic mass is 35.5. The van der Waals surface area contributed by atoms with Gasteiger partial charge in [0.2, 0.25) is 0 Å². The highest BCUT2D eigenvalue weighted by Crippen LogP contribution is 2.28. The van der Waals surface area contributed by atoms with Crippen LogP contribution in [0, 0.1) is 0 Å². The molecule has 0 saturated carbocycles. The van der Waals surface area contributed by atoms with Crippen molar-refractivity contribution in [1.82, 2.24) is 0 Å². The Balaban J connectivity index is 2.74. The van der Waals surface area contributed by atoms with Crippen molar-refractivity contribution < 1.29 is 17.9 Å². The maximum atomic E-state index is 11.7. The summed E-state index contributed by atoms with van der Waals surface area (Å²) >= 11 is 11.0. The lowest BCUT2D eigenvalue weighted by molar-refractivity contribution is -0.274. The minimum absolute atomic E-state index is 0.296. The molecular formula is C8H5Cl2F3O. The topological polar surface area (TPSA) is 9.23 Å². The normalized spacial score (nSPS) is 11.9. The first kappa shape index (κ1) is 11.5. The van der Waals surface area contributed by atoms with Gasteiger partial charge in [-0.15, -0.1) is 36.4 Å². The van der Waals surface area contributed by atoms with Crippen molar-refractivity contribution in [3.8, 4) is 5.75 Å². The van der Waals surface area contributed by atoms with Crippen LogP contribution in [-0.4, -0.2) is 6.36 Å². The van der Waals surface area contributed by atoms with Gasteiger partial charge in [-0.3, -0.25) is 0 Å². The Bertz CT molecular complexity index is 294. The molecule has 0 unspecified atom stereocenters. The SMILES string of the molecule is FC(F)(F)Oc1ccc(C(Cl)Cl)cc1. The summed E-state index contributed by atoms with van der Waals surface area (Å²) in [5, 5.41) is 0. The van der Waals surface area contributed by atoms with Gasteiger partial charge in [0.15, 0.2) is 0 Å². The van der Waals surface area contributed by atoms with E-state index in [0.717, 1.165) is 12.1 Å². The van der Waals surface area contributed by atoms with Crippen LogP contribution in [0.4, 0.5) is 13.2 Å². The third-order valence-corrected chi connectivity index (χ3v) is 1.87. The number of rotatable bonds is 2. The van der Waals surface area contributed by atoms with Crippen molar-refractivity contribution in [2.24, 2.45) is 0 Å². The van der Waals surface area contributed by atoms with Gasteiger partial charge < -0.3 is 4.74 Å². The second-order valence-corrected chi connectivity index (χ2v) is 3.51. The van der Waals surface area contributed by atoms with Gasteiger partial charge in [-0.05, 0) is 17.7 Å². The molecule has 0 fully saturated rings. The molecule has 1 aromatic carbocycles. The standard InChI is InChI=1S/C8H5Cl2F3O/c9-7(10)5-1-3-6(4-2-5)14-8(11,12)13/h1-4,7H. The summed E-state index contributed by atoms with van der Waals surface area (Å²) < 4.78 is 38.8. The highest BCUT2D eigenvalue weighted by molar-refractivity contribution is 6.44. The lowest BCUT2D eigenvalue weighted by Gasteiger charge is -2.09. The Morgan fingerprint density at radius 3 is 1.93 bits per heavy atom. The van der Waals surface area contributed by atoms with E-state index in [1.807, 2.05) is 0 Å². The van der Waals surface area contributed by atoms with E-state index in [0.29, 0.717) is 5.56 Å². The molecule has 0 aliphatic carbocycles. The molecule has 1 rings (SSSR count). The summed E-state index contributed by atoms with van der Waals surface area (Å²) in [6, 6.07) is 5.04. The number of hydrogen-bond acceptors (Lipinski definition) is 1. The lowest BCUT2D eigenvalue weighted by atomic mass is 10.2. The van der Waals surface area contributed by atoms with E-state index in [1.54, 1.807) is 0 Å². The van der Waals surface area contributed by atoms with E-state index in [1.165, 1.54) is 12.1 Å². The number of halogens is 5. The molecule has 0 aromatic heterocycles. The molecule has 0 spiro atoms. The predicted octanol–water partition coefficient (Wildman–Crippen LogP) is 4.06. The van der Waals surface area contributed by atoms with Crippen LogP contribution >= 0.6 is 23.2 Å². The first-order valence-corrected chi connectivity index (χ1v) is 4.39. The zero-order valence-corrected chi connectivity index (χ0v) is 8.20. The summed E-state index contributed by atoms with van der Waals surface area (Å²) in [6.07, 6.45) is -4.68. The molecule has 0 N–H and O–H groups in total. The van der Waals surface area contributed by atoms with Crippen molar-refractivity contribution in [3.05, 3.63) is 29.8 Å². The second-order valence-electron chi connectivity index (χ2n) is 2.42. The number of benzene rings is 1. The van der Waals surface area contributed by atoms with E-state index in [-0.39, 0.29) is 5.75 Å². The molecule has 0 radical (unpaired) electrons. The molecule has 14 heavy (non-hydrogen) atoms. The Hall–Kier alpha value is -0.610. The minimum Gasteiger partial charge on any atom is -0.406 e. The number of ether oxygens (including phenoxy) is 1. The van der Waals surface area contributed by atoms with Gasteiger partial charge in [0, 0.05) is 0 Å². The summed E-state index contributed by atoms with van der Waals surface area (Å²) in [4.78, 5) is -0.755. The van der Waals surface area contributed by atoms with E-state index in [4.69, 9.17) is 23.2 Å². The maximum Gasteiger partial charge on any atom is 0.573 e. The molecular weight excluding hydrogens is 240 g/mol. The molecule has 1 nitrogen and oxygen atoms in total. The number of alkyl halides is 5. The Labute approximate surface area is 88.4 Å². The van der Waals surface area contributed by atoms with E-state index < -0.39 is 11.2 Å². The van der Waals surface area contributed by atoms with Crippen LogP contribution in [0.1, 0.15) is 10.4 Å². The Morgan fingerprint density at radius 1 is 1.07 bits per heavy atom. The van der Waals surface area contributed by atoms with Crippen LogP contribution in [0.5, 0.6) is 5.75 Å². The smallest absolute Gasteiger partial charge is 0.406 e. The van der Waals surface area contributed by atoms with Gasteiger partial charge in [-0.2, -0.15) is 0 Å². The fraction of sp³-hybridized carbons (Fsp3) is 0.250. The number of hydrogen-bond donors (Lipinski definition) is 0. The molecule has 0 saturated heterocycles. The molecule has 0 aliphatic rings. The van der Waals surface area contributed by atoms with Crippen LogP contribution in [0.15, 0.2) is 24.3 Å². The zero-order valence-electron chi connectivity index (χ0n) is 6.68. The monoisotopic (exact) mass is 244 g/mol. The zero-order chi connectivity index (χ0) is 10.8. The van der Waals surface area contributed by atoms with Gasteiger partial charge in [-0.1, -0.05) is 12.1 Å². The van der Waals surface area contributed by atoms with Crippen LogP contribution in [0.2, 0.25) is 0 Å². The van der Waals surface area contributed by atoms with Crippen molar-refractivity contribution in [1.29, 1.82) is 0 Å². The van der Waals surface area contributed by atoms with Gasteiger partial charge >= 0.3 is 6.36 Å². The van der Waals surface area contributed by atoms with Crippen LogP contribution < -0.4 is 4.74 Å². The highest BCUT2D eigenvalue weighted by Gasteiger charge is 2.30. The van der Waals surface area contributed by atoms with E-state index in [9.17, 15) is 13.2 Å². The van der Waals surface area contributed by atoms with Gasteiger partial charge in [0.25, 0.3) is 0 Å². The molecule has 0 bridgehead atoms. The van der Waals surface area contributed by atoms with Crippen LogP contribution in [0.25, 0.3) is 0 Å². The van der Waals surface area contributed by atoms with Crippen molar-refractivity contribution >= 4 is 23.2 Å². The van der Waals surface area contributed by atoms with Crippen molar-refractivity contribution in [3.63, 3.8) is 0 Å². The fourth-order valence-electron chi connectivity index (χ4n) is 0.815. The molecule has 0 atom stereocenters. The van der Waals surface area contributed by atoms with E-state index >= 15 is 0 Å². The van der Waals surface area contributed by atoms with Crippen LogP contribution in [0.3, 0.4) is 0 Å². The molecule has 0 amide bonds. The summed E-state index contributed by atoms with van der Waals surface area (Å²) in [6.45, 7) is 0. The third kappa shape index (κ3) is 3.64. The summed E-state index contributed by atoms with van der Waals surface area (Å²) in [5.74, 6) is -0.296. The molecule has 0 heterocycles. The second kappa shape index (κ2) is 4.28. The average Bonchev–Trinajstić information content (AvgIpc) is 2.02. The van der Waals surface area contributed by atoms with E-state index in [2.05, 4.69) is 4.74 Å². The van der Waals surface area contributed by atoms with Gasteiger partial charge in [0.1, 0.15) is 10.6 Å².